The molecule has 27 heteroatoms. The van der Waals surface area contributed by atoms with Crippen LogP contribution in [0.25, 0.3) is 0 Å². The molecule has 0 saturated carbocycles. The van der Waals surface area contributed by atoms with E-state index in [2.05, 4.69) is 0 Å². The predicted molar refractivity (Wildman–Crippen MR) is 194 cm³/mol. The van der Waals surface area contributed by atoms with Crippen LogP contribution < -0.4 is 21.9 Å². The van der Waals surface area contributed by atoms with E-state index < -0.39 is 195 Å². The molecular formula is C40H32BF24O2-. The average molecular weight is 1010 g/mol. The fourth-order valence-corrected chi connectivity index (χ4v) is 6.48. The minimum Gasteiger partial charge on any atom is -0.382 e. The Morgan fingerprint density at radius 1 is 0.254 bits per heavy atom. The molecule has 376 valence electrons. The first-order chi connectivity index (χ1) is 30.1. The third kappa shape index (κ3) is 15.1. The fourth-order valence-electron chi connectivity index (χ4n) is 6.48. The zero-order valence-electron chi connectivity index (χ0n) is 34.2. The van der Waals surface area contributed by atoms with Gasteiger partial charge < -0.3 is 9.47 Å². The highest BCUT2D eigenvalue weighted by molar-refractivity contribution is 7.20. The summed E-state index contributed by atoms with van der Waals surface area (Å²) in [6.07, 6.45) is -54.8. The van der Waals surface area contributed by atoms with Crippen molar-refractivity contribution in [2.24, 2.45) is 0 Å². The Morgan fingerprint density at radius 3 is 0.448 bits per heavy atom. The van der Waals surface area contributed by atoms with Gasteiger partial charge in [0, 0.05) is 26.4 Å². The number of alkyl halides is 24. The molecule has 0 unspecified atom stereocenters. The van der Waals surface area contributed by atoms with Gasteiger partial charge in [0.15, 0.2) is 0 Å². The highest BCUT2D eigenvalue weighted by atomic mass is 19.4. The molecule has 2 nitrogen and oxygen atoms in total. The number of hydrogen-bond donors (Lipinski definition) is 0. The molecule has 0 N–H and O–H groups in total. The first-order valence-corrected chi connectivity index (χ1v) is 18.6. The predicted octanol–water partition coefficient (Wildman–Crippen LogP) is 13.3. The molecule has 0 aliphatic rings. The second-order valence-electron chi connectivity index (χ2n) is 13.8. The number of ether oxygens (including phenoxy) is 2. The van der Waals surface area contributed by atoms with Gasteiger partial charge in [0.25, 0.3) is 0 Å². The minimum absolute atomic E-state index is 0.691. The maximum atomic E-state index is 14.2. The summed E-state index contributed by atoms with van der Waals surface area (Å²) in [6, 6.07) is -8.81. The molecule has 0 fully saturated rings. The van der Waals surface area contributed by atoms with Crippen LogP contribution >= 0.6 is 0 Å². The molecule has 4 aromatic rings. The summed E-state index contributed by atoms with van der Waals surface area (Å²) in [7, 11) is 0. The Hall–Kier alpha value is -4.82. The van der Waals surface area contributed by atoms with E-state index in [9.17, 15) is 105 Å². The molecule has 0 aliphatic heterocycles. The van der Waals surface area contributed by atoms with Crippen LogP contribution in [0.1, 0.15) is 72.2 Å². The van der Waals surface area contributed by atoms with Crippen LogP contribution in [0.4, 0.5) is 105 Å². The van der Waals surface area contributed by atoms with Gasteiger partial charge in [-0.15, -0.1) is 0 Å². The van der Waals surface area contributed by atoms with Gasteiger partial charge in [-0.25, -0.2) is 0 Å². The van der Waals surface area contributed by atoms with Crippen molar-refractivity contribution in [3.05, 3.63) is 117 Å². The zero-order valence-corrected chi connectivity index (χ0v) is 34.2. The van der Waals surface area contributed by atoms with E-state index in [-0.39, 0.29) is 0 Å². The molecule has 0 bridgehead atoms. The van der Waals surface area contributed by atoms with Crippen LogP contribution in [0.5, 0.6) is 0 Å². The summed E-state index contributed by atoms with van der Waals surface area (Å²) < 4.78 is 350. The second kappa shape index (κ2) is 20.8. The Kier molecular flexibility index (Phi) is 18.1. The first kappa shape index (κ1) is 58.3. The Balaban J connectivity index is 0.00000139. The van der Waals surface area contributed by atoms with E-state index in [4.69, 9.17) is 9.47 Å². The fraction of sp³-hybridized carbons (Fsp3) is 0.400. The maximum Gasteiger partial charge on any atom is 0.416 e. The molecule has 0 spiro atoms. The van der Waals surface area contributed by atoms with Crippen LogP contribution in [0.2, 0.25) is 0 Å². The van der Waals surface area contributed by atoms with Crippen molar-refractivity contribution in [1.82, 2.24) is 0 Å². The summed E-state index contributed by atoms with van der Waals surface area (Å²) in [6.45, 7) is 11.3. The van der Waals surface area contributed by atoms with E-state index in [1.54, 1.807) is 0 Å². The lowest BCUT2D eigenvalue weighted by Gasteiger charge is -2.46. The quantitative estimate of drug-likeness (QED) is 0.129. The lowest BCUT2D eigenvalue weighted by atomic mass is 9.12. The van der Waals surface area contributed by atoms with Crippen LogP contribution in [-0.4, -0.2) is 32.6 Å². The number of rotatable bonds is 8. The summed E-state index contributed by atoms with van der Waals surface area (Å²) in [5.74, 6) is 0. The SMILES string of the molecule is CCOCC.CCOCC.FC(F)(F)c1cc([B-](c2cc(C(F)(F)F)cc(C(F)(F)F)c2)(c2cc(C(F)(F)F)cc(C(F)(F)F)c2)c2cc(C(F)(F)F)cc(C(F)(F)F)c2)cc(C(F)(F)F)c1. The van der Waals surface area contributed by atoms with Crippen molar-refractivity contribution in [3.63, 3.8) is 0 Å². The Bertz CT molecular complexity index is 1810. The van der Waals surface area contributed by atoms with Crippen molar-refractivity contribution in [1.29, 1.82) is 0 Å². The van der Waals surface area contributed by atoms with E-state index in [0.29, 0.717) is 0 Å². The van der Waals surface area contributed by atoms with Gasteiger partial charge in [-0.05, 0) is 52.0 Å². The summed E-state index contributed by atoms with van der Waals surface area (Å²) in [5.41, 5.74) is -30.2. The van der Waals surface area contributed by atoms with Crippen molar-refractivity contribution < 1.29 is 115 Å². The molecule has 4 aromatic carbocycles. The summed E-state index contributed by atoms with van der Waals surface area (Å²) >= 11 is 0. The van der Waals surface area contributed by atoms with Crippen LogP contribution in [0, 0.1) is 0 Å². The van der Waals surface area contributed by atoms with Crippen molar-refractivity contribution in [3.8, 4) is 0 Å². The highest BCUT2D eigenvalue weighted by Gasteiger charge is 2.47. The molecule has 0 heterocycles. The van der Waals surface area contributed by atoms with E-state index in [1.807, 2.05) is 27.7 Å². The van der Waals surface area contributed by atoms with Crippen LogP contribution in [0.3, 0.4) is 0 Å². The lowest BCUT2D eigenvalue weighted by molar-refractivity contribution is -0.144. The minimum atomic E-state index is -6.13. The van der Waals surface area contributed by atoms with Gasteiger partial charge in [0.1, 0.15) is 6.15 Å². The van der Waals surface area contributed by atoms with Crippen molar-refractivity contribution in [2.45, 2.75) is 77.1 Å². The largest absolute Gasteiger partial charge is 0.416 e. The topological polar surface area (TPSA) is 18.5 Å². The molecule has 0 radical (unpaired) electrons. The number of halogens is 24. The van der Waals surface area contributed by atoms with E-state index in [0.717, 1.165) is 26.4 Å². The van der Waals surface area contributed by atoms with Gasteiger partial charge in [0.2, 0.25) is 0 Å². The molecule has 0 amide bonds. The van der Waals surface area contributed by atoms with Gasteiger partial charge >= 0.3 is 49.4 Å². The third-order valence-corrected chi connectivity index (χ3v) is 9.26. The number of hydrogen-bond acceptors (Lipinski definition) is 2. The summed E-state index contributed by atoms with van der Waals surface area (Å²) in [5, 5.41) is 0. The van der Waals surface area contributed by atoms with Gasteiger partial charge in [0.05, 0.1) is 44.5 Å². The average Bonchev–Trinajstić information content (AvgIpc) is 3.16. The summed E-state index contributed by atoms with van der Waals surface area (Å²) in [4.78, 5) is 0. The molecule has 0 saturated heterocycles. The lowest BCUT2D eigenvalue weighted by Crippen LogP contribution is -2.75. The van der Waals surface area contributed by atoms with E-state index in [1.165, 1.54) is 0 Å². The monoisotopic (exact) mass is 1010 g/mol. The molecule has 4 rings (SSSR count). The van der Waals surface area contributed by atoms with Gasteiger partial charge in [-0.1, -0.05) is 48.5 Å². The highest BCUT2D eigenvalue weighted by Crippen LogP contribution is 2.41. The van der Waals surface area contributed by atoms with Crippen molar-refractivity contribution in [2.75, 3.05) is 26.4 Å². The first-order valence-electron chi connectivity index (χ1n) is 18.6. The van der Waals surface area contributed by atoms with Gasteiger partial charge in [-0.2, -0.15) is 127 Å². The standard InChI is InChI=1S/C32H12BF24.2C4H10O/c34-25(35,36)13-1-14(26(37,38)39)6-21(5-13)33(22-7-15(27(40,41)42)2-16(8-22)28(43,44)45,23-9-17(29(46,47)48)3-18(10-23)30(49,50)51)24-11-19(31(52,53)54)4-20(12-24)32(55,56)57;2*1-3-5-4-2/h1-12H;2*3-4H2,1-2H3/q-1;;. The number of benzene rings is 4. The Labute approximate surface area is 363 Å². The molecule has 67 heavy (non-hydrogen) atoms. The maximum absolute atomic E-state index is 14.2. The van der Waals surface area contributed by atoms with Crippen molar-refractivity contribution >= 4 is 28.0 Å². The third-order valence-electron chi connectivity index (χ3n) is 9.26. The van der Waals surface area contributed by atoms with Crippen LogP contribution in [0.15, 0.2) is 72.8 Å². The van der Waals surface area contributed by atoms with Crippen LogP contribution in [-0.2, 0) is 58.9 Å². The smallest absolute Gasteiger partial charge is 0.382 e. The molecule has 0 aromatic heterocycles. The normalized spacial score (nSPS) is 13.4. The zero-order chi connectivity index (χ0) is 52.2. The van der Waals surface area contributed by atoms with E-state index >= 15 is 0 Å². The molecular weight excluding hydrogens is 979 g/mol. The van der Waals surface area contributed by atoms with Gasteiger partial charge in [-0.3, -0.25) is 0 Å². The molecule has 0 aliphatic carbocycles. The molecule has 0 atom stereocenters. The second-order valence-corrected chi connectivity index (χ2v) is 13.8. The Morgan fingerprint density at radius 2 is 0.373 bits per heavy atom.